The van der Waals surface area contributed by atoms with Crippen LogP contribution in [0.1, 0.15) is 27.8 Å². The number of rotatable bonds is 2. The Labute approximate surface area is 124 Å². The van der Waals surface area contributed by atoms with Crippen LogP contribution in [0.2, 0.25) is 0 Å². The second-order valence-corrected chi connectivity index (χ2v) is 5.48. The van der Waals surface area contributed by atoms with Gasteiger partial charge in [-0.25, -0.2) is 4.98 Å². The standard InChI is InChI=1S/C16H20N4O/c1-12-4-3-5-13(10-12)16(21)20-9-6-17-11-14(20)15-18-7-8-19(15)2/h3-5,7-8,10,14,17H,6,9,11H2,1-2H3. The van der Waals surface area contributed by atoms with Crippen molar-refractivity contribution in [3.63, 3.8) is 0 Å². The SMILES string of the molecule is Cc1cccc(C(=O)N2CCNCC2c2nccn2C)c1. The molecule has 1 atom stereocenters. The molecule has 3 rings (SSSR count). The molecule has 2 aromatic rings. The summed E-state index contributed by atoms with van der Waals surface area (Å²) >= 11 is 0. The van der Waals surface area contributed by atoms with Crippen LogP contribution in [0, 0.1) is 6.92 Å². The first-order valence-electron chi connectivity index (χ1n) is 7.22. The molecule has 1 unspecified atom stereocenters. The highest BCUT2D eigenvalue weighted by Crippen LogP contribution is 2.22. The number of piperazine rings is 1. The van der Waals surface area contributed by atoms with Crippen molar-refractivity contribution in [3.05, 3.63) is 53.6 Å². The molecule has 1 fully saturated rings. The zero-order valence-corrected chi connectivity index (χ0v) is 12.4. The normalized spacial score (nSPS) is 18.8. The summed E-state index contributed by atoms with van der Waals surface area (Å²) in [6.07, 6.45) is 3.69. The number of hydrogen-bond acceptors (Lipinski definition) is 3. The van der Waals surface area contributed by atoms with Crippen LogP contribution in [0.25, 0.3) is 0 Å². The molecule has 1 amide bonds. The molecule has 1 aromatic heterocycles. The Hall–Kier alpha value is -2.14. The third kappa shape index (κ3) is 2.69. The second-order valence-electron chi connectivity index (χ2n) is 5.48. The molecule has 1 aliphatic rings. The minimum atomic E-state index is -0.0215. The maximum absolute atomic E-state index is 12.8. The molecule has 21 heavy (non-hydrogen) atoms. The van der Waals surface area contributed by atoms with Crippen molar-refractivity contribution in [2.24, 2.45) is 7.05 Å². The summed E-state index contributed by atoms with van der Waals surface area (Å²) < 4.78 is 1.98. The molecule has 2 heterocycles. The van der Waals surface area contributed by atoms with Gasteiger partial charge in [0, 0.05) is 44.6 Å². The second kappa shape index (κ2) is 5.69. The van der Waals surface area contributed by atoms with Gasteiger partial charge in [-0.05, 0) is 19.1 Å². The van der Waals surface area contributed by atoms with Gasteiger partial charge in [0.25, 0.3) is 5.91 Å². The van der Waals surface area contributed by atoms with E-state index in [1.54, 1.807) is 6.20 Å². The van der Waals surface area contributed by atoms with E-state index < -0.39 is 0 Å². The van der Waals surface area contributed by atoms with Gasteiger partial charge in [-0.15, -0.1) is 0 Å². The van der Waals surface area contributed by atoms with Crippen LogP contribution in [0.3, 0.4) is 0 Å². The van der Waals surface area contributed by atoms with E-state index in [-0.39, 0.29) is 11.9 Å². The Balaban J connectivity index is 1.91. The number of carbonyl (C=O) groups is 1. The molecule has 0 bridgehead atoms. The molecule has 1 aliphatic heterocycles. The number of hydrogen-bond donors (Lipinski definition) is 1. The number of nitrogens with zero attached hydrogens (tertiary/aromatic N) is 3. The number of benzene rings is 1. The predicted molar refractivity (Wildman–Crippen MR) is 81.0 cm³/mol. The average molecular weight is 284 g/mol. The van der Waals surface area contributed by atoms with Gasteiger partial charge >= 0.3 is 0 Å². The first-order chi connectivity index (χ1) is 10.2. The zero-order valence-electron chi connectivity index (χ0n) is 12.4. The number of carbonyl (C=O) groups excluding carboxylic acids is 1. The van der Waals surface area contributed by atoms with Crippen LogP contribution in [0.4, 0.5) is 0 Å². The molecule has 0 radical (unpaired) electrons. The fourth-order valence-electron chi connectivity index (χ4n) is 2.82. The Morgan fingerprint density at radius 3 is 3.00 bits per heavy atom. The van der Waals surface area contributed by atoms with E-state index in [0.29, 0.717) is 6.54 Å². The molecule has 0 spiro atoms. The molecular weight excluding hydrogens is 264 g/mol. The topological polar surface area (TPSA) is 50.2 Å². The molecular formula is C16H20N4O. The van der Waals surface area contributed by atoms with Crippen LogP contribution in [-0.4, -0.2) is 40.0 Å². The molecule has 1 saturated heterocycles. The molecule has 110 valence electrons. The van der Waals surface area contributed by atoms with E-state index in [1.165, 1.54) is 0 Å². The van der Waals surface area contributed by atoms with Crippen LogP contribution in [-0.2, 0) is 7.05 Å². The quantitative estimate of drug-likeness (QED) is 0.909. The van der Waals surface area contributed by atoms with Gasteiger partial charge in [0.1, 0.15) is 11.9 Å². The van der Waals surface area contributed by atoms with Crippen molar-refractivity contribution in [2.75, 3.05) is 19.6 Å². The van der Waals surface area contributed by atoms with Gasteiger partial charge in [0.2, 0.25) is 0 Å². The first kappa shape index (κ1) is 13.8. The highest BCUT2D eigenvalue weighted by Gasteiger charge is 2.30. The van der Waals surface area contributed by atoms with Crippen LogP contribution in [0.5, 0.6) is 0 Å². The van der Waals surface area contributed by atoms with Crippen molar-refractivity contribution in [1.29, 1.82) is 0 Å². The molecule has 1 N–H and O–H groups in total. The van der Waals surface area contributed by atoms with Gasteiger partial charge in [-0.1, -0.05) is 17.7 Å². The number of nitrogens with one attached hydrogen (secondary N) is 1. The number of aromatic nitrogens is 2. The maximum atomic E-state index is 12.8. The highest BCUT2D eigenvalue weighted by molar-refractivity contribution is 5.94. The molecule has 1 aromatic carbocycles. The van der Waals surface area contributed by atoms with Crippen molar-refractivity contribution in [1.82, 2.24) is 19.8 Å². The van der Waals surface area contributed by atoms with Gasteiger partial charge in [0.05, 0.1) is 0 Å². The molecule has 0 saturated carbocycles. The summed E-state index contributed by atoms with van der Waals surface area (Å²) in [5.41, 5.74) is 1.85. The van der Waals surface area contributed by atoms with Crippen molar-refractivity contribution >= 4 is 5.91 Å². The third-order valence-electron chi connectivity index (χ3n) is 3.93. The van der Waals surface area contributed by atoms with Crippen LogP contribution in [0.15, 0.2) is 36.7 Å². The lowest BCUT2D eigenvalue weighted by Gasteiger charge is -2.35. The minimum Gasteiger partial charge on any atom is -0.336 e. The lowest BCUT2D eigenvalue weighted by atomic mass is 10.1. The smallest absolute Gasteiger partial charge is 0.254 e. The lowest BCUT2D eigenvalue weighted by Crippen LogP contribution is -2.49. The lowest BCUT2D eigenvalue weighted by molar-refractivity contribution is 0.0621. The average Bonchev–Trinajstić information content (AvgIpc) is 2.92. The Morgan fingerprint density at radius 1 is 1.43 bits per heavy atom. The Kier molecular flexibility index (Phi) is 3.75. The number of amides is 1. The van der Waals surface area contributed by atoms with Gasteiger partial charge < -0.3 is 14.8 Å². The Bertz CT molecular complexity index is 649. The third-order valence-corrected chi connectivity index (χ3v) is 3.93. The maximum Gasteiger partial charge on any atom is 0.254 e. The van der Waals surface area contributed by atoms with Crippen molar-refractivity contribution < 1.29 is 4.79 Å². The minimum absolute atomic E-state index is 0.0215. The van der Waals surface area contributed by atoms with Crippen molar-refractivity contribution in [3.8, 4) is 0 Å². The summed E-state index contributed by atoms with van der Waals surface area (Å²) in [4.78, 5) is 19.2. The van der Waals surface area contributed by atoms with E-state index in [9.17, 15) is 4.79 Å². The van der Waals surface area contributed by atoms with Crippen molar-refractivity contribution in [2.45, 2.75) is 13.0 Å². The van der Waals surface area contributed by atoms with E-state index in [0.717, 1.165) is 30.0 Å². The fraction of sp³-hybridized carbons (Fsp3) is 0.375. The first-order valence-corrected chi connectivity index (χ1v) is 7.22. The molecule has 5 nitrogen and oxygen atoms in total. The van der Waals surface area contributed by atoms with E-state index in [2.05, 4.69) is 10.3 Å². The summed E-state index contributed by atoms with van der Waals surface area (Å²) in [5.74, 6) is 0.997. The van der Waals surface area contributed by atoms with Crippen LogP contribution >= 0.6 is 0 Å². The summed E-state index contributed by atoms with van der Waals surface area (Å²) in [6.45, 7) is 4.26. The summed E-state index contributed by atoms with van der Waals surface area (Å²) in [6, 6.07) is 7.74. The fourth-order valence-corrected chi connectivity index (χ4v) is 2.82. The van der Waals surface area contributed by atoms with E-state index in [1.807, 2.05) is 53.9 Å². The molecule has 5 heteroatoms. The number of aryl methyl sites for hydroxylation is 2. The van der Waals surface area contributed by atoms with Gasteiger partial charge in [-0.3, -0.25) is 4.79 Å². The monoisotopic (exact) mass is 284 g/mol. The molecule has 0 aliphatic carbocycles. The highest BCUT2D eigenvalue weighted by atomic mass is 16.2. The zero-order chi connectivity index (χ0) is 14.8. The number of imidazole rings is 1. The summed E-state index contributed by atoms with van der Waals surface area (Å²) in [5, 5.41) is 3.35. The van der Waals surface area contributed by atoms with Crippen LogP contribution < -0.4 is 5.32 Å². The Morgan fingerprint density at radius 2 is 2.29 bits per heavy atom. The van der Waals surface area contributed by atoms with Gasteiger partial charge in [0.15, 0.2) is 0 Å². The van der Waals surface area contributed by atoms with E-state index >= 15 is 0 Å². The summed E-state index contributed by atoms with van der Waals surface area (Å²) in [7, 11) is 1.96. The predicted octanol–water partition coefficient (Wildman–Crippen LogP) is 1.52. The van der Waals surface area contributed by atoms with E-state index in [4.69, 9.17) is 0 Å². The largest absolute Gasteiger partial charge is 0.336 e. The van der Waals surface area contributed by atoms with Gasteiger partial charge in [-0.2, -0.15) is 0 Å².